The van der Waals surface area contributed by atoms with E-state index in [0.29, 0.717) is 17.1 Å². The highest BCUT2D eigenvalue weighted by Crippen LogP contribution is 2.68. The van der Waals surface area contributed by atoms with Gasteiger partial charge in [-0.1, -0.05) is 60.1 Å². The summed E-state index contributed by atoms with van der Waals surface area (Å²) in [5.74, 6) is 4.49. The second kappa shape index (κ2) is 8.00. The van der Waals surface area contributed by atoms with Crippen molar-refractivity contribution in [3.05, 3.63) is 11.6 Å². The van der Waals surface area contributed by atoms with Crippen LogP contribution in [-0.4, -0.2) is 17.0 Å². The maximum Gasteiger partial charge on any atom is 0.135 e. The zero-order valence-corrected chi connectivity index (χ0v) is 21.3. The van der Waals surface area contributed by atoms with Crippen LogP contribution in [-0.2, 0) is 4.79 Å². The average Bonchev–Trinajstić information content (AvgIpc) is 3.06. The van der Waals surface area contributed by atoms with Gasteiger partial charge in [-0.15, -0.1) is 0 Å². The first-order chi connectivity index (χ1) is 14.4. The van der Waals surface area contributed by atoms with Gasteiger partial charge in [0.25, 0.3) is 0 Å². The molecule has 3 fully saturated rings. The van der Waals surface area contributed by atoms with Crippen molar-refractivity contribution in [1.82, 2.24) is 0 Å². The van der Waals surface area contributed by atoms with Crippen molar-refractivity contribution in [3.63, 3.8) is 0 Å². The summed E-state index contributed by atoms with van der Waals surface area (Å²) in [4.78, 5) is 12.2. The second-order valence-corrected chi connectivity index (χ2v) is 13.3. The number of hydrogen-bond acceptors (Lipinski definition) is 2. The Morgan fingerprint density at radius 2 is 1.74 bits per heavy atom. The number of hydrogen-bond donors (Lipinski definition) is 1. The van der Waals surface area contributed by atoms with Crippen LogP contribution in [0, 0.1) is 51.8 Å². The fraction of sp³-hybridized carbons (Fsp3) is 0.897. The van der Waals surface area contributed by atoms with E-state index in [0.717, 1.165) is 49.4 Å². The zero-order valence-electron chi connectivity index (χ0n) is 21.3. The van der Waals surface area contributed by atoms with E-state index >= 15 is 0 Å². The highest BCUT2D eigenvalue weighted by atomic mass is 16.3. The molecule has 0 amide bonds. The molecule has 0 unspecified atom stereocenters. The lowest BCUT2D eigenvalue weighted by Gasteiger charge is -2.61. The Kier molecular flexibility index (Phi) is 6.07. The van der Waals surface area contributed by atoms with Crippen LogP contribution in [0.3, 0.4) is 0 Å². The molecule has 2 heteroatoms. The van der Waals surface area contributed by atoms with Crippen LogP contribution in [0.2, 0.25) is 0 Å². The molecule has 8 atom stereocenters. The number of aliphatic hydroxyl groups is 1. The molecule has 31 heavy (non-hydrogen) atoms. The highest BCUT2D eigenvalue weighted by Gasteiger charge is 2.61. The van der Waals surface area contributed by atoms with E-state index in [-0.39, 0.29) is 22.9 Å². The predicted molar refractivity (Wildman–Crippen MR) is 129 cm³/mol. The van der Waals surface area contributed by atoms with E-state index in [1.54, 1.807) is 5.57 Å². The van der Waals surface area contributed by atoms with Gasteiger partial charge in [0.1, 0.15) is 5.78 Å². The molecule has 0 heterocycles. The van der Waals surface area contributed by atoms with Crippen LogP contribution in [0.25, 0.3) is 0 Å². The molecular formula is C29H48O2. The Morgan fingerprint density at radius 1 is 1.03 bits per heavy atom. The van der Waals surface area contributed by atoms with Gasteiger partial charge in [-0.2, -0.15) is 0 Å². The van der Waals surface area contributed by atoms with Crippen molar-refractivity contribution >= 4 is 5.78 Å². The Hall–Kier alpha value is -0.630. The van der Waals surface area contributed by atoms with Crippen molar-refractivity contribution < 1.29 is 9.90 Å². The first-order valence-electron chi connectivity index (χ1n) is 13.3. The topological polar surface area (TPSA) is 37.3 Å². The Balaban J connectivity index is 1.54. The number of aliphatic hydroxyl groups excluding tert-OH is 1. The standard InChI is InChI=1S/C29H48O2/c1-18(2)24(30)12-8-19(3)21-10-11-22-20-9-13-25-27(4,5)26(31)15-17-29(25,7)23(20)14-16-28(21,22)6/h13,18-23,26,31H,8-12,14-17H2,1-7H3/t19-,20+,21-,22+,23+,26+,28-,29-/m1/s1. The Morgan fingerprint density at radius 3 is 2.42 bits per heavy atom. The summed E-state index contributed by atoms with van der Waals surface area (Å²) in [7, 11) is 0. The molecule has 0 aliphatic heterocycles. The Labute approximate surface area is 191 Å². The molecule has 0 radical (unpaired) electrons. The highest BCUT2D eigenvalue weighted by molar-refractivity contribution is 5.80. The zero-order chi connectivity index (χ0) is 22.8. The lowest BCUT2D eigenvalue weighted by Crippen LogP contribution is -2.54. The molecular weight excluding hydrogens is 380 g/mol. The number of fused-ring (bicyclic) bond motifs is 5. The maximum absolute atomic E-state index is 12.2. The average molecular weight is 429 g/mol. The van der Waals surface area contributed by atoms with Gasteiger partial charge in [-0.05, 0) is 91.8 Å². The quantitative estimate of drug-likeness (QED) is 0.470. The lowest BCUT2D eigenvalue weighted by atomic mass is 9.44. The molecule has 0 aromatic carbocycles. The minimum atomic E-state index is -0.192. The van der Waals surface area contributed by atoms with Crippen LogP contribution >= 0.6 is 0 Å². The second-order valence-electron chi connectivity index (χ2n) is 13.3. The number of carbonyl (C=O) groups excluding carboxylic acids is 1. The molecule has 3 saturated carbocycles. The normalized spacial score (nSPS) is 44.8. The molecule has 4 aliphatic carbocycles. The van der Waals surface area contributed by atoms with E-state index in [4.69, 9.17) is 0 Å². The number of carbonyl (C=O) groups is 1. The molecule has 0 saturated heterocycles. The van der Waals surface area contributed by atoms with Crippen molar-refractivity contribution in [3.8, 4) is 0 Å². The van der Waals surface area contributed by atoms with Crippen LogP contribution < -0.4 is 0 Å². The van der Waals surface area contributed by atoms with Gasteiger partial charge in [0.05, 0.1) is 6.10 Å². The molecule has 0 bridgehead atoms. The number of Topliss-reactive ketones (excluding diaryl/α,β-unsaturated/α-hetero) is 1. The van der Waals surface area contributed by atoms with Crippen molar-refractivity contribution in [2.75, 3.05) is 0 Å². The third-order valence-corrected chi connectivity index (χ3v) is 11.2. The van der Waals surface area contributed by atoms with E-state index in [9.17, 15) is 9.90 Å². The lowest BCUT2D eigenvalue weighted by molar-refractivity contribution is -0.122. The first-order valence-corrected chi connectivity index (χ1v) is 13.3. The number of ketones is 1. The molecule has 4 rings (SSSR count). The van der Waals surface area contributed by atoms with Gasteiger partial charge in [0.15, 0.2) is 0 Å². The van der Waals surface area contributed by atoms with Crippen LogP contribution in [0.5, 0.6) is 0 Å². The van der Waals surface area contributed by atoms with Crippen LogP contribution in [0.4, 0.5) is 0 Å². The van der Waals surface area contributed by atoms with Gasteiger partial charge in [0, 0.05) is 17.8 Å². The SMILES string of the molecule is CC(C)C(=O)CC[C@@H](C)[C@H]1CC[C@H]2[C@@H]3CC=C4C(C)(C)[C@@H](O)CC[C@]4(C)[C@H]3CC[C@]12C. The van der Waals surface area contributed by atoms with Gasteiger partial charge >= 0.3 is 0 Å². The van der Waals surface area contributed by atoms with Crippen LogP contribution in [0.1, 0.15) is 106 Å². The van der Waals surface area contributed by atoms with Gasteiger partial charge in [-0.3, -0.25) is 4.79 Å². The van der Waals surface area contributed by atoms with E-state index in [1.165, 1.54) is 32.1 Å². The summed E-state index contributed by atoms with van der Waals surface area (Å²) in [6.45, 7) is 16.2. The van der Waals surface area contributed by atoms with Gasteiger partial charge in [-0.25, -0.2) is 0 Å². The first kappa shape index (κ1) is 23.5. The summed E-state index contributed by atoms with van der Waals surface area (Å²) in [6.07, 6.45) is 13.0. The number of rotatable bonds is 5. The van der Waals surface area contributed by atoms with Crippen LogP contribution in [0.15, 0.2) is 11.6 Å². The van der Waals surface area contributed by atoms with Crippen molar-refractivity contribution in [1.29, 1.82) is 0 Å². The van der Waals surface area contributed by atoms with Crippen molar-refractivity contribution in [2.24, 2.45) is 51.8 Å². The summed E-state index contributed by atoms with van der Waals surface area (Å²) < 4.78 is 0. The molecule has 2 nitrogen and oxygen atoms in total. The van der Waals surface area contributed by atoms with Crippen molar-refractivity contribution in [2.45, 2.75) is 112 Å². The fourth-order valence-corrected chi connectivity index (χ4v) is 9.23. The minimum absolute atomic E-state index is 0.0750. The smallest absolute Gasteiger partial charge is 0.135 e. The Bertz CT molecular complexity index is 733. The minimum Gasteiger partial charge on any atom is -0.392 e. The predicted octanol–water partition coefficient (Wildman–Crippen LogP) is 7.20. The molecule has 0 aromatic heterocycles. The fourth-order valence-electron chi connectivity index (χ4n) is 9.23. The molecule has 1 N–H and O–H groups in total. The van der Waals surface area contributed by atoms with E-state index in [2.05, 4.69) is 40.7 Å². The molecule has 176 valence electrons. The van der Waals surface area contributed by atoms with E-state index in [1.807, 2.05) is 13.8 Å². The summed E-state index contributed by atoms with van der Waals surface area (Å²) >= 11 is 0. The molecule has 0 aromatic rings. The van der Waals surface area contributed by atoms with E-state index < -0.39 is 0 Å². The monoisotopic (exact) mass is 428 g/mol. The third kappa shape index (κ3) is 3.58. The van der Waals surface area contributed by atoms with Gasteiger partial charge < -0.3 is 5.11 Å². The summed E-state index contributed by atoms with van der Waals surface area (Å²) in [5.41, 5.74) is 2.22. The van der Waals surface area contributed by atoms with Gasteiger partial charge in [0.2, 0.25) is 0 Å². The summed E-state index contributed by atoms with van der Waals surface area (Å²) in [6, 6.07) is 0. The molecule has 0 spiro atoms. The largest absolute Gasteiger partial charge is 0.392 e. The summed E-state index contributed by atoms with van der Waals surface area (Å²) in [5, 5.41) is 10.7. The number of allylic oxidation sites excluding steroid dienone is 1. The third-order valence-electron chi connectivity index (χ3n) is 11.2. The molecule has 4 aliphatic rings. The maximum atomic E-state index is 12.2.